The predicted molar refractivity (Wildman–Crippen MR) is 121 cm³/mol. The average molecular weight is 471 g/mol. The number of fused-ring (bicyclic) bond motifs is 4. The van der Waals surface area contributed by atoms with E-state index in [1.165, 1.54) is 0 Å². The van der Waals surface area contributed by atoms with Gasteiger partial charge in [-0.2, -0.15) is 0 Å². The second kappa shape index (κ2) is 10.3. The Morgan fingerprint density at radius 3 is 2.15 bits per heavy atom. The van der Waals surface area contributed by atoms with Gasteiger partial charge in [-0.3, -0.25) is 10.7 Å². The van der Waals surface area contributed by atoms with Crippen LogP contribution < -0.4 is 16.8 Å². The molecule has 0 aromatic carbocycles. The summed E-state index contributed by atoms with van der Waals surface area (Å²) in [7, 11) is 14.5. The van der Waals surface area contributed by atoms with Crippen molar-refractivity contribution in [1.82, 2.24) is 15.1 Å². The van der Waals surface area contributed by atoms with E-state index in [9.17, 15) is 0 Å². The second-order valence-corrected chi connectivity index (χ2v) is 9.18. The molecular weight excluding hydrogens is 431 g/mol. The minimum absolute atomic E-state index is 0.00208. The van der Waals surface area contributed by atoms with E-state index in [4.69, 9.17) is 47.4 Å². The fourth-order valence-corrected chi connectivity index (χ4v) is 6.05. The van der Waals surface area contributed by atoms with Crippen molar-refractivity contribution in [2.24, 2.45) is 5.73 Å². The summed E-state index contributed by atoms with van der Waals surface area (Å²) < 4.78 is 33.3. The van der Waals surface area contributed by atoms with Crippen LogP contribution in [0.15, 0.2) is 0 Å². The Labute approximate surface area is 197 Å². The zero-order chi connectivity index (χ0) is 24.6. The maximum absolute atomic E-state index is 7.57. The van der Waals surface area contributed by atoms with Crippen molar-refractivity contribution in [3.8, 4) is 0 Å². The Kier molecular flexibility index (Phi) is 8.30. The molecule has 4 saturated heterocycles. The molecule has 7 N–H and O–H groups in total. The van der Waals surface area contributed by atoms with E-state index >= 15 is 0 Å². The van der Waals surface area contributed by atoms with Crippen molar-refractivity contribution in [3.63, 3.8) is 0 Å². The molecule has 0 aliphatic carbocycles. The summed E-state index contributed by atoms with van der Waals surface area (Å²) in [4.78, 5) is 4.02. The molecule has 2 radical (unpaired) electrons. The Hall–Kier alpha value is -1.03. The van der Waals surface area contributed by atoms with Crippen LogP contribution in [0.2, 0.25) is 0 Å². The van der Waals surface area contributed by atoms with Crippen molar-refractivity contribution >= 4 is 13.8 Å². The monoisotopic (exact) mass is 471 g/mol. The number of hydrogen-bond donors (Lipinski definition) is 4. The number of methoxy groups -OCH3 is 4. The van der Waals surface area contributed by atoms with E-state index in [0.29, 0.717) is 26.3 Å². The number of quaternary nitrogens is 1. The normalized spacial score (nSPS) is 42.5. The summed E-state index contributed by atoms with van der Waals surface area (Å²) in [5.74, 6) is 0.0696. The van der Waals surface area contributed by atoms with Crippen LogP contribution in [0.3, 0.4) is 0 Å². The molecular formula is C20H40BN6O6+. The van der Waals surface area contributed by atoms with Crippen molar-refractivity contribution in [1.29, 1.82) is 5.41 Å². The summed E-state index contributed by atoms with van der Waals surface area (Å²) in [5.41, 5.74) is 8.68. The molecule has 0 amide bonds. The molecule has 0 aromatic heterocycles. The maximum Gasteiger partial charge on any atom is 0.198 e. The average Bonchev–Trinajstić information content (AvgIpc) is 3.43. The molecule has 4 aliphatic rings. The molecule has 9 atom stereocenters. The molecule has 188 valence electrons. The molecule has 4 heterocycles. The summed E-state index contributed by atoms with van der Waals surface area (Å²) in [6.07, 6.45) is -0.175. The Morgan fingerprint density at radius 2 is 1.67 bits per heavy atom. The summed E-state index contributed by atoms with van der Waals surface area (Å²) in [6.45, 7) is 4.18. The number of guanidine groups is 1. The van der Waals surface area contributed by atoms with Crippen LogP contribution in [-0.2, 0) is 28.4 Å². The van der Waals surface area contributed by atoms with Crippen LogP contribution in [-0.4, -0.2) is 139 Å². The number of ether oxygens (including phenoxy) is 6. The lowest BCUT2D eigenvalue weighted by Gasteiger charge is -2.36. The van der Waals surface area contributed by atoms with Gasteiger partial charge in [0.25, 0.3) is 0 Å². The fraction of sp³-hybridized carbons (Fsp3) is 0.950. The third-order valence-electron chi connectivity index (χ3n) is 7.23. The van der Waals surface area contributed by atoms with Crippen LogP contribution in [0.5, 0.6) is 0 Å². The zero-order valence-electron chi connectivity index (χ0n) is 20.6. The molecule has 13 heteroatoms. The van der Waals surface area contributed by atoms with E-state index in [2.05, 4.69) is 16.0 Å². The zero-order valence-corrected chi connectivity index (χ0v) is 20.6. The van der Waals surface area contributed by atoms with E-state index < -0.39 is 11.2 Å². The van der Waals surface area contributed by atoms with E-state index in [0.717, 1.165) is 0 Å². The molecule has 5 unspecified atom stereocenters. The molecule has 0 aromatic rings. The van der Waals surface area contributed by atoms with Crippen LogP contribution in [0.25, 0.3) is 0 Å². The third kappa shape index (κ3) is 4.39. The largest absolute Gasteiger partial charge is 0.382 e. The molecule has 33 heavy (non-hydrogen) atoms. The highest BCUT2D eigenvalue weighted by atomic mass is 16.6. The van der Waals surface area contributed by atoms with Gasteiger partial charge >= 0.3 is 0 Å². The Morgan fingerprint density at radius 1 is 1.12 bits per heavy atom. The highest BCUT2D eigenvalue weighted by Gasteiger charge is 2.64. The molecule has 12 nitrogen and oxygen atoms in total. The number of morpholine rings is 2. The standard InChI is InChI=1S/C10H20BN3O3.C10H19N3O3/c1-13-9(12)14-4-10(5-15-2)7(16-3)6(14)8(11)17-10;1-6-7-8(15-3)10(16-6,5-14-2)4-13(7)9(11)12/h6-9,13H,4-5,12H2,1-3H3;6-8H,4-5H2,1-3H3,(H3,11,12)/p+1/t6?,7?,8-,9?,10-;6-,7?,8?,10+/m10/s1. The smallest absolute Gasteiger partial charge is 0.198 e. The number of nitrogens with one attached hydrogen (secondary N) is 2. The lowest BCUT2D eigenvalue weighted by atomic mass is 9.90. The number of nitrogens with two attached hydrogens (primary N) is 1. The lowest BCUT2D eigenvalue weighted by Crippen LogP contribution is -2.77. The minimum Gasteiger partial charge on any atom is -0.382 e. The second-order valence-electron chi connectivity index (χ2n) is 9.18. The SMILES string of the molecule is COC[C@]12CN(C(=N)N)C(C1OC)[C@H](C)O2.[B][C@@H]1O[C@@]2(COC)CN(C([NH3+])NC)C1C2OC. The number of hydrogen-bond acceptors (Lipinski definition) is 9. The molecule has 0 spiro atoms. The molecule has 4 fully saturated rings. The van der Waals surface area contributed by atoms with Gasteiger partial charge in [-0.25, -0.2) is 4.90 Å². The van der Waals surface area contributed by atoms with E-state index in [1.54, 1.807) is 28.4 Å². The summed E-state index contributed by atoms with van der Waals surface area (Å²) in [6, 6.07) is -0.329. The first-order chi connectivity index (χ1) is 15.6. The number of nitrogens with zero attached hydrogens (tertiary/aromatic N) is 2. The van der Waals surface area contributed by atoms with Gasteiger partial charge < -0.3 is 44.8 Å². The topological polar surface area (TPSA) is 151 Å². The van der Waals surface area contributed by atoms with Gasteiger partial charge in [0.15, 0.2) is 12.2 Å². The van der Waals surface area contributed by atoms with Gasteiger partial charge in [-0.15, -0.1) is 0 Å². The first-order valence-corrected chi connectivity index (χ1v) is 11.2. The van der Waals surface area contributed by atoms with Gasteiger partial charge in [0.05, 0.1) is 37.9 Å². The number of rotatable bonds is 8. The van der Waals surface area contributed by atoms with E-state index in [-0.39, 0.29) is 48.6 Å². The highest BCUT2D eigenvalue weighted by Crippen LogP contribution is 2.44. The van der Waals surface area contributed by atoms with Crippen molar-refractivity contribution in [3.05, 3.63) is 0 Å². The van der Waals surface area contributed by atoms with Crippen LogP contribution in [0.1, 0.15) is 6.92 Å². The minimum atomic E-state index is -0.487. The molecule has 4 aliphatic heterocycles. The predicted octanol–water partition coefficient (Wildman–Crippen LogP) is -3.28. The lowest BCUT2D eigenvalue weighted by molar-refractivity contribution is -0.471. The highest BCUT2D eigenvalue weighted by molar-refractivity contribution is 6.12. The number of likely N-dealkylation sites (tertiary alicyclic amines) is 2. The quantitative estimate of drug-likeness (QED) is 0.123. The fourth-order valence-electron chi connectivity index (χ4n) is 6.05. The Balaban J connectivity index is 0.000000186. The molecule has 4 bridgehead atoms. The van der Waals surface area contributed by atoms with Gasteiger partial charge in [0.2, 0.25) is 0 Å². The van der Waals surface area contributed by atoms with Gasteiger partial charge in [-0.05, 0) is 14.0 Å². The van der Waals surface area contributed by atoms with Crippen molar-refractivity contribution in [2.75, 3.05) is 61.8 Å². The van der Waals surface area contributed by atoms with Crippen LogP contribution in [0.4, 0.5) is 0 Å². The van der Waals surface area contributed by atoms with E-state index in [1.807, 2.05) is 18.9 Å². The van der Waals surface area contributed by atoms with Crippen molar-refractivity contribution < 1.29 is 34.2 Å². The molecule has 0 saturated carbocycles. The van der Waals surface area contributed by atoms with Gasteiger partial charge in [0, 0.05) is 41.0 Å². The summed E-state index contributed by atoms with van der Waals surface area (Å²) in [5, 5.41) is 10.7. The summed E-state index contributed by atoms with van der Waals surface area (Å²) >= 11 is 0. The van der Waals surface area contributed by atoms with Gasteiger partial charge in [0.1, 0.15) is 31.3 Å². The van der Waals surface area contributed by atoms with Crippen LogP contribution >= 0.6 is 0 Å². The first-order valence-electron chi connectivity index (χ1n) is 11.2. The first kappa shape index (κ1) is 26.6. The van der Waals surface area contributed by atoms with Crippen LogP contribution in [0, 0.1) is 5.41 Å². The Bertz CT molecular complexity index is 695. The van der Waals surface area contributed by atoms with Gasteiger partial charge in [-0.1, -0.05) is 0 Å². The molecule has 4 rings (SSSR count). The maximum atomic E-state index is 7.57. The van der Waals surface area contributed by atoms with Crippen molar-refractivity contribution in [2.45, 2.75) is 60.8 Å². The third-order valence-corrected chi connectivity index (χ3v) is 7.23.